The van der Waals surface area contributed by atoms with Gasteiger partial charge in [0.05, 0.1) is 17.5 Å². The number of nitrogens with one attached hydrogen (secondary N) is 3. The Morgan fingerprint density at radius 1 is 0.775 bits per heavy atom. The predicted octanol–water partition coefficient (Wildman–Crippen LogP) is 2.63. The van der Waals surface area contributed by atoms with Crippen molar-refractivity contribution in [2.75, 3.05) is 13.1 Å². The van der Waals surface area contributed by atoms with Gasteiger partial charge in [-0.15, -0.1) is 0 Å². The molecule has 2 aromatic rings. The number of carbonyl (C=O) groups excluding carboxylic acids is 3. The van der Waals surface area contributed by atoms with Crippen molar-refractivity contribution >= 4 is 23.4 Å². The molecule has 1 heterocycles. The fourth-order valence-electron chi connectivity index (χ4n) is 5.95. The van der Waals surface area contributed by atoms with E-state index in [9.17, 15) is 14.4 Å². The molecule has 6 rings (SSSR count). The fraction of sp³-hybridized carbons (Fsp3) is 0.355. The summed E-state index contributed by atoms with van der Waals surface area (Å²) in [5.74, 6) is -1.27. The Hall–Kier alpha value is -4.24. The summed E-state index contributed by atoms with van der Waals surface area (Å²) in [6.07, 6.45) is 7.17. The maximum absolute atomic E-state index is 13.5. The third-order valence-electron chi connectivity index (χ3n) is 8.40. The molecule has 0 aromatic heterocycles. The van der Waals surface area contributed by atoms with Gasteiger partial charge < -0.3 is 15.5 Å². The molecular weight excluding hydrogens is 506 g/mol. The molecule has 4 N–H and O–H groups in total. The second kappa shape index (κ2) is 11.1. The molecule has 0 radical (unpaired) electrons. The van der Waals surface area contributed by atoms with Gasteiger partial charge in [0.15, 0.2) is 0 Å². The Balaban J connectivity index is 1.14. The van der Waals surface area contributed by atoms with E-state index in [1.807, 2.05) is 36.4 Å². The number of likely N-dealkylation sites (tertiary alicyclic amines) is 1. The van der Waals surface area contributed by atoms with Crippen molar-refractivity contribution in [2.24, 2.45) is 16.9 Å². The Morgan fingerprint density at radius 2 is 1.30 bits per heavy atom. The van der Waals surface area contributed by atoms with Crippen molar-refractivity contribution in [1.29, 1.82) is 0 Å². The van der Waals surface area contributed by atoms with Crippen molar-refractivity contribution in [1.82, 2.24) is 21.1 Å². The minimum absolute atomic E-state index is 0.0380. The van der Waals surface area contributed by atoms with Crippen molar-refractivity contribution in [2.45, 2.75) is 43.2 Å². The monoisotopic (exact) mass is 539 g/mol. The van der Waals surface area contributed by atoms with Crippen LogP contribution in [0, 0.1) is 11.8 Å². The van der Waals surface area contributed by atoms with E-state index in [1.165, 1.54) is 11.1 Å². The molecule has 2 saturated carbocycles. The maximum Gasteiger partial charge on any atom is 0.253 e. The quantitative estimate of drug-likeness (QED) is 0.384. The predicted molar refractivity (Wildman–Crippen MR) is 149 cm³/mol. The van der Waals surface area contributed by atoms with Crippen molar-refractivity contribution in [3.63, 3.8) is 0 Å². The van der Waals surface area contributed by atoms with Crippen LogP contribution >= 0.6 is 0 Å². The second-order valence-electron chi connectivity index (χ2n) is 11.1. The van der Waals surface area contributed by atoms with Crippen molar-refractivity contribution < 1.29 is 19.6 Å². The Labute approximate surface area is 233 Å². The van der Waals surface area contributed by atoms with Gasteiger partial charge in [0.1, 0.15) is 0 Å². The average Bonchev–Trinajstić information content (AvgIpc) is 3.89. The molecule has 1 saturated heterocycles. The van der Waals surface area contributed by atoms with Gasteiger partial charge in [-0.1, -0.05) is 66.7 Å². The Morgan fingerprint density at radius 3 is 1.75 bits per heavy atom. The lowest BCUT2D eigenvalue weighted by atomic mass is 9.94. The van der Waals surface area contributed by atoms with Crippen LogP contribution in [0.3, 0.4) is 0 Å². The van der Waals surface area contributed by atoms with Gasteiger partial charge in [-0.2, -0.15) is 10.7 Å². The number of rotatable bonds is 8. The first kappa shape index (κ1) is 26.0. The minimum atomic E-state index is -0.626. The molecule has 2 aromatic carbocycles. The molecule has 1 aliphatic heterocycles. The smallest absolute Gasteiger partial charge is 0.253 e. The molecule has 3 fully saturated rings. The fourth-order valence-corrected chi connectivity index (χ4v) is 5.95. The Bertz CT molecular complexity index is 1300. The van der Waals surface area contributed by atoms with Gasteiger partial charge >= 0.3 is 0 Å². The van der Waals surface area contributed by atoms with Crippen LogP contribution in [-0.2, 0) is 14.4 Å². The highest BCUT2D eigenvalue weighted by Gasteiger charge is 2.49. The van der Waals surface area contributed by atoms with E-state index in [0.29, 0.717) is 17.7 Å². The van der Waals surface area contributed by atoms with Crippen LogP contribution in [-0.4, -0.2) is 58.7 Å². The summed E-state index contributed by atoms with van der Waals surface area (Å²) in [7, 11) is 0. The third-order valence-corrected chi connectivity index (χ3v) is 8.40. The first-order valence-electron chi connectivity index (χ1n) is 13.9. The number of amides is 3. The van der Waals surface area contributed by atoms with Gasteiger partial charge in [-0.3, -0.25) is 19.6 Å². The average molecular weight is 540 g/mol. The number of hydrogen-bond acceptors (Lipinski definition) is 6. The van der Waals surface area contributed by atoms with Crippen LogP contribution in [0.1, 0.15) is 42.2 Å². The molecule has 6 atom stereocenters. The van der Waals surface area contributed by atoms with E-state index in [0.717, 1.165) is 12.8 Å². The van der Waals surface area contributed by atoms with Gasteiger partial charge in [0, 0.05) is 49.0 Å². The van der Waals surface area contributed by atoms with E-state index in [1.54, 1.807) is 28.7 Å². The number of carbonyl (C=O) groups is 3. The van der Waals surface area contributed by atoms with Gasteiger partial charge in [0.2, 0.25) is 11.8 Å². The summed E-state index contributed by atoms with van der Waals surface area (Å²) in [5.41, 5.74) is 5.22. The highest BCUT2D eigenvalue weighted by atomic mass is 16.5. The topological polar surface area (TPSA) is 123 Å². The molecule has 206 valence electrons. The van der Waals surface area contributed by atoms with Gasteiger partial charge in [-0.25, -0.2) is 0 Å². The first-order valence-corrected chi connectivity index (χ1v) is 13.9. The number of allylic oxidation sites excluding steroid dienone is 2. The van der Waals surface area contributed by atoms with E-state index in [4.69, 9.17) is 5.21 Å². The van der Waals surface area contributed by atoms with E-state index >= 15 is 0 Å². The third kappa shape index (κ3) is 5.56. The van der Waals surface area contributed by atoms with Crippen molar-refractivity contribution in [3.05, 3.63) is 95.6 Å². The summed E-state index contributed by atoms with van der Waals surface area (Å²) in [6.45, 7) is 0.366. The summed E-state index contributed by atoms with van der Waals surface area (Å²) >= 11 is 0. The number of hydrogen-bond donors (Lipinski definition) is 4. The summed E-state index contributed by atoms with van der Waals surface area (Å²) < 4.78 is 0. The number of nitrogens with zero attached hydrogens (tertiary/aromatic N) is 2. The first-order chi connectivity index (χ1) is 19.5. The molecule has 40 heavy (non-hydrogen) atoms. The summed E-state index contributed by atoms with van der Waals surface area (Å²) in [4.78, 5) is 42.1. The molecule has 9 heteroatoms. The lowest BCUT2D eigenvalue weighted by molar-refractivity contribution is -0.133. The Kier molecular flexibility index (Phi) is 7.21. The standard InChI is InChI=1S/C31H33N5O4/c37-29(32-27-15-23(27)19-7-3-1-4-8-19)25-17-36(31(39)21-11-13-22(14-12-21)34-35-40)18-26(25)30(38)33-28-16-24(28)20-9-5-2-6-10-20/h1-13,23-28,35,40H,14-18H2,(H,32,37)(H,33,38)/t23-,24-,25-,26-,27+,28+/m1/s1. The lowest BCUT2D eigenvalue weighted by Gasteiger charge is -2.18. The molecular formula is C31H33N5O4. The lowest BCUT2D eigenvalue weighted by Crippen LogP contribution is -2.43. The van der Waals surface area contributed by atoms with Crippen LogP contribution in [0.5, 0.6) is 0 Å². The largest absolute Gasteiger partial charge is 0.352 e. The number of hydrazone groups is 1. The maximum atomic E-state index is 13.5. The van der Waals surface area contributed by atoms with E-state index in [2.05, 4.69) is 40.0 Å². The molecule has 3 aliphatic carbocycles. The molecule has 0 unspecified atom stereocenters. The highest BCUT2D eigenvalue weighted by molar-refractivity contribution is 6.05. The highest BCUT2D eigenvalue weighted by Crippen LogP contribution is 2.42. The number of benzene rings is 2. The molecule has 4 aliphatic rings. The summed E-state index contributed by atoms with van der Waals surface area (Å²) in [5, 5.41) is 18.8. The molecule has 0 spiro atoms. The van der Waals surface area contributed by atoms with Gasteiger partial charge in [0.25, 0.3) is 5.91 Å². The van der Waals surface area contributed by atoms with Gasteiger partial charge in [-0.05, 0) is 36.1 Å². The van der Waals surface area contributed by atoms with E-state index in [-0.39, 0.29) is 54.7 Å². The zero-order valence-electron chi connectivity index (χ0n) is 22.1. The molecule has 9 nitrogen and oxygen atoms in total. The van der Waals surface area contributed by atoms with E-state index < -0.39 is 11.8 Å². The van der Waals surface area contributed by atoms with Crippen molar-refractivity contribution in [3.8, 4) is 0 Å². The SMILES string of the molecule is O=C(N[C@H]1C[C@@H]1c1ccccc1)[C@@H]1CN(C(=O)C2=CCC(=NNO)C=C2)C[C@H]1C(=O)N[C@H]1C[C@@H]1c1ccccc1. The minimum Gasteiger partial charge on any atom is -0.352 e. The van der Waals surface area contributed by atoms with Crippen LogP contribution in [0.2, 0.25) is 0 Å². The van der Waals surface area contributed by atoms with Crippen LogP contribution < -0.4 is 16.2 Å². The zero-order chi connectivity index (χ0) is 27.6. The normalized spacial score (nSPS) is 29.5. The summed E-state index contributed by atoms with van der Waals surface area (Å²) in [6, 6.07) is 20.3. The molecule has 0 bridgehead atoms. The zero-order valence-corrected chi connectivity index (χ0v) is 22.1. The van der Waals surface area contributed by atoms with Crippen LogP contribution in [0.25, 0.3) is 0 Å². The van der Waals surface area contributed by atoms with Crippen LogP contribution in [0.4, 0.5) is 0 Å². The molecule has 3 amide bonds. The second-order valence-corrected chi connectivity index (χ2v) is 11.1. The van der Waals surface area contributed by atoms with Crippen LogP contribution in [0.15, 0.2) is 89.6 Å².